The molecule has 1 unspecified atom stereocenters. The molecule has 0 heterocycles. The Labute approximate surface area is 123 Å². The molecule has 0 spiro atoms. The van der Waals surface area contributed by atoms with E-state index in [1.807, 2.05) is 6.92 Å². The van der Waals surface area contributed by atoms with E-state index in [1.54, 1.807) is 19.1 Å². The molecule has 112 valence electrons. The van der Waals surface area contributed by atoms with Crippen LogP contribution in [0.4, 0.5) is 5.69 Å². The fourth-order valence-electron chi connectivity index (χ4n) is 2.13. The van der Waals surface area contributed by atoms with Crippen LogP contribution in [-0.2, 0) is 0 Å². The summed E-state index contributed by atoms with van der Waals surface area (Å²) in [5, 5.41) is 23.3. The summed E-state index contributed by atoms with van der Waals surface area (Å²) in [6.45, 7) is 3.94. The zero-order valence-electron chi connectivity index (χ0n) is 12.3. The summed E-state index contributed by atoms with van der Waals surface area (Å²) in [4.78, 5) is 10.3. The van der Waals surface area contributed by atoms with Crippen LogP contribution >= 0.6 is 0 Å². The van der Waals surface area contributed by atoms with Gasteiger partial charge in [-0.25, -0.2) is 0 Å². The van der Waals surface area contributed by atoms with Crippen LogP contribution in [0.25, 0.3) is 0 Å². The van der Waals surface area contributed by atoms with Crippen LogP contribution in [0.1, 0.15) is 31.7 Å². The maximum atomic E-state index is 10.7. The van der Waals surface area contributed by atoms with Crippen molar-refractivity contribution in [3.8, 4) is 11.8 Å². The van der Waals surface area contributed by atoms with Gasteiger partial charge in [0, 0.05) is 24.1 Å². The molecule has 1 aromatic rings. The fourth-order valence-corrected chi connectivity index (χ4v) is 2.13. The highest BCUT2D eigenvalue weighted by Crippen LogP contribution is 2.25. The molecule has 6 nitrogen and oxygen atoms in total. The van der Waals surface area contributed by atoms with Crippen molar-refractivity contribution in [2.24, 2.45) is 0 Å². The Kier molecular flexibility index (Phi) is 4.43. The van der Waals surface area contributed by atoms with Crippen molar-refractivity contribution >= 4 is 5.69 Å². The Balaban J connectivity index is 1.89. The molecule has 0 aromatic heterocycles. The lowest BCUT2D eigenvalue weighted by Crippen LogP contribution is -2.43. The van der Waals surface area contributed by atoms with E-state index in [0.717, 1.165) is 12.8 Å². The summed E-state index contributed by atoms with van der Waals surface area (Å²) >= 11 is 0. The van der Waals surface area contributed by atoms with E-state index in [0.29, 0.717) is 30.4 Å². The Hall–Kier alpha value is -2.13. The maximum absolute atomic E-state index is 10.7. The summed E-state index contributed by atoms with van der Waals surface area (Å²) < 4.78 is 5.61. The van der Waals surface area contributed by atoms with Gasteiger partial charge in [0.25, 0.3) is 5.69 Å². The van der Waals surface area contributed by atoms with Gasteiger partial charge < -0.3 is 4.74 Å². The molecule has 0 bridgehead atoms. The number of aryl methyl sites for hydroxylation is 1. The largest absolute Gasteiger partial charge is 0.493 e. The zero-order valence-corrected chi connectivity index (χ0v) is 12.3. The second-order valence-corrected chi connectivity index (χ2v) is 5.67. The second kappa shape index (κ2) is 6.10. The summed E-state index contributed by atoms with van der Waals surface area (Å²) in [6, 6.07) is 7.42. The van der Waals surface area contributed by atoms with Crippen molar-refractivity contribution in [3.05, 3.63) is 33.9 Å². The summed E-state index contributed by atoms with van der Waals surface area (Å²) in [5.74, 6) is 0.588. The first kappa shape index (κ1) is 15.3. The first-order valence-electron chi connectivity index (χ1n) is 7.00. The lowest BCUT2D eigenvalue weighted by atomic mass is 10.0. The number of hydrogen-bond acceptors (Lipinski definition) is 5. The van der Waals surface area contributed by atoms with Gasteiger partial charge in [-0.15, -0.1) is 0 Å². The van der Waals surface area contributed by atoms with Crippen LogP contribution < -0.4 is 10.1 Å². The van der Waals surface area contributed by atoms with Gasteiger partial charge in [0.05, 0.1) is 17.6 Å². The Bertz CT molecular complexity index is 578. The monoisotopic (exact) mass is 289 g/mol. The molecule has 1 N–H and O–H groups in total. The van der Waals surface area contributed by atoms with Crippen LogP contribution in [-0.4, -0.2) is 23.1 Å². The predicted molar refractivity (Wildman–Crippen MR) is 78.1 cm³/mol. The molecule has 0 amide bonds. The van der Waals surface area contributed by atoms with E-state index in [9.17, 15) is 15.4 Å². The first-order chi connectivity index (χ1) is 9.93. The van der Waals surface area contributed by atoms with E-state index in [-0.39, 0.29) is 5.69 Å². The SMILES string of the molecule is Cc1cc(OCCC(C)(C#N)NC2CC2)ccc1[N+](=O)[O-]. The first-order valence-corrected chi connectivity index (χ1v) is 7.00. The molecule has 1 aliphatic rings. The average Bonchev–Trinajstić information content (AvgIpc) is 3.22. The minimum absolute atomic E-state index is 0.0830. The molecule has 6 heteroatoms. The number of benzene rings is 1. The summed E-state index contributed by atoms with van der Waals surface area (Å²) in [6.07, 6.45) is 2.81. The average molecular weight is 289 g/mol. The normalized spacial score (nSPS) is 16.8. The van der Waals surface area contributed by atoms with Gasteiger partial charge in [-0.3, -0.25) is 15.4 Å². The van der Waals surface area contributed by atoms with Crippen LogP contribution in [0.5, 0.6) is 5.75 Å². The minimum atomic E-state index is -0.586. The highest BCUT2D eigenvalue weighted by atomic mass is 16.6. The molecule has 1 aliphatic carbocycles. The molecule has 2 rings (SSSR count). The maximum Gasteiger partial charge on any atom is 0.272 e. The van der Waals surface area contributed by atoms with Crippen molar-refractivity contribution in [3.63, 3.8) is 0 Å². The number of nitrogens with zero attached hydrogens (tertiary/aromatic N) is 2. The van der Waals surface area contributed by atoms with Gasteiger partial charge in [-0.2, -0.15) is 5.26 Å². The van der Waals surface area contributed by atoms with E-state index < -0.39 is 10.5 Å². The third-order valence-electron chi connectivity index (χ3n) is 3.58. The van der Waals surface area contributed by atoms with Gasteiger partial charge in [0.2, 0.25) is 0 Å². The van der Waals surface area contributed by atoms with E-state index in [4.69, 9.17) is 4.74 Å². The van der Waals surface area contributed by atoms with Crippen molar-refractivity contribution in [1.29, 1.82) is 5.26 Å². The van der Waals surface area contributed by atoms with Crippen LogP contribution in [0.15, 0.2) is 18.2 Å². The topological polar surface area (TPSA) is 88.2 Å². The number of ether oxygens (including phenoxy) is 1. The number of nitro groups is 1. The zero-order chi connectivity index (χ0) is 15.5. The van der Waals surface area contributed by atoms with Gasteiger partial charge in [-0.1, -0.05) is 0 Å². The van der Waals surface area contributed by atoms with E-state index in [1.165, 1.54) is 6.07 Å². The quantitative estimate of drug-likeness (QED) is 0.616. The molecule has 1 atom stereocenters. The molecule has 1 saturated carbocycles. The van der Waals surface area contributed by atoms with E-state index in [2.05, 4.69) is 11.4 Å². The van der Waals surface area contributed by atoms with Crippen LogP contribution in [0, 0.1) is 28.4 Å². The lowest BCUT2D eigenvalue weighted by Gasteiger charge is -2.23. The summed E-state index contributed by atoms with van der Waals surface area (Å²) in [5.41, 5.74) is 0.0630. The van der Waals surface area contributed by atoms with Gasteiger partial charge in [0.15, 0.2) is 0 Å². The molecule has 0 radical (unpaired) electrons. The third-order valence-corrected chi connectivity index (χ3v) is 3.58. The number of nitro benzene ring substituents is 1. The fraction of sp³-hybridized carbons (Fsp3) is 0.533. The molecular formula is C15H19N3O3. The third kappa shape index (κ3) is 4.17. The standard InChI is InChI=1S/C15H19N3O3/c1-11-9-13(5-6-14(11)18(19)20)21-8-7-15(2,10-16)17-12-3-4-12/h5-6,9,12,17H,3-4,7-8H2,1-2H3. The van der Waals surface area contributed by atoms with Gasteiger partial charge in [-0.05, 0) is 38.8 Å². The highest BCUT2D eigenvalue weighted by molar-refractivity contribution is 5.44. The van der Waals surface area contributed by atoms with Crippen LogP contribution in [0.2, 0.25) is 0 Å². The molecule has 0 aliphatic heterocycles. The summed E-state index contributed by atoms with van der Waals surface area (Å²) in [7, 11) is 0. The molecule has 21 heavy (non-hydrogen) atoms. The van der Waals surface area contributed by atoms with Crippen LogP contribution in [0.3, 0.4) is 0 Å². The molecule has 1 aromatic carbocycles. The van der Waals surface area contributed by atoms with Crippen molar-refractivity contribution in [2.75, 3.05) is 6.61 Å². The van der Waals surface area contributed by atoms with Crippen molar-refractivity contribution in [2.45, 2.75) is 44.7 Å². The number of hydrogen-bond donors (Lipinski definition) is 1. The Morgan fingerprint density at radius 1 is 1.57 bits per heavy atom. The highest BCUT2D eigenvalue weighted by Gasteiger charge is 2.32. The number of nitriles is 1. The number of nitrogens with one attached hydrogen (secondary N) is 1. The van der Waals surface area contributed by atoms with Crippen molar-refractivity contribution < 1.29 is 9.66 Å². The number of rotatable bonds is 7. The Morgan fingerprint density at radius 3 is 2.81 bits per heavy atom. The van der Waals surface area contributed by atoms with Gasteiger partial charge in [0.1, 0.15) is 11.3 Å². The predicted octanol–water partition coefficient (Wildman–Crippen LogP) is 2.71. The molecular weight excluding hydrogens is 270 g/mol. The lowest BCUT2D eigenvalue weighted by molar-refractivity contribution is -0.385. The Morgan fingerprint density at radius 2 is 2.29 bits per heavy atom. The van der Waals surface area contributed by atoms with Gasteiger partial charge >= 0.3 is 0 Å². The minimum Gasteiger partial charge on any atom is -0.493 e. The molecule has 0 saturated heterocycles. The van der Waals surface area contributed by atoms with Crippen molar-refractivity contribution in [1.82, 2.24) is 5.32 Å². The smallest absolute Gasteiger partial charge is 0.272 e. The van der Waals surface area contributed by atoms with E-state index >= 15 is 0 Å². The second-order valence-electron chi connectivity index (χ2n) is 5.67. The molecule has 1 fully saturated rings.